The van der Waals surface area contributed by atoms with E-state index in [9.17, 15) is 14.9 Å². The van der Waals surface area contributed by atoms with Crippen LogP contribution in [0.5, 0.6) is 11.5 Å². The molecular weight excluding hydrogens is 454 g/mol. The minimum Gasteiger partial charge on any atom is -0.496 e. The van der Waals surface area contributed by atoms with E-state index in [0.717, 1.165) is 11.3 Å². The molecule has 0 bridgehead atoms. The molecule has 0 saturated heterocycles. The van der Waals surface area contributed by atoms with Gasteiger partial charge in [-0.1, -0.05) is 36.4 Å². The summed E-state index contributed by atoms with van der Waals surface area (Å²) in [6, 6.07) is 16.4. The van der Waals surface area contributed by atoms with Gasteiger partial charge in [-0.15, -0.1) is 11.3 Å². The van der Waals surface area contributed by atoms with Crippen LogP contribution in [-0.2, 0) is 9.53 Å². The van der Waals surface area contributed by atoms with Gasteiger partial charge in [0, 0.05) is 11.1 Å². The van der Waals surface area contributed by atoms with E-state index in [1.807, 2.05) is 18.2 Å². The summed E-state index contributed by atoms with van der Waals surface area (Å²) in [7, 11) is 4.29. The monoisotopic (exact) mass is 475 g/mol. The highest BCUT2D eigenvalue weighted by molar-refractivity contribution is 7.07. The summed E-state index contributed by atoms with van der Waals surface area (Å²) in [5.74, 6) is -0.520. The Labute approximate surface area is 199 Å². The van der Waals surface area contributed by atoms with Crippen molar-refractivity contribution in [1.29, 1.82) is 5.26 Å². The van der Waals surface area contributed by atoms with Crippen LogP contribution >= 0.6 is 11.3 Å². The molecule has 1 atom stereocenters. The molecule has 2 aromatic carbocycles. The molecule has 4 rings (SSSR count). The largest absolute Gasteiger partial charge is 0.496 e. The highest BCUT2D eigenvalue weighted by Crippen LogP contribution is 2.40. The molecule has 0 saturated carbocycles. The molecule has 0 radical (unpaired) electrons. The molecular formula is C25H21N3O5S. The van der Waals surface area contributed by atoms with Gasteiger partial charge in [-0.2, -0.15) is 5.26 Å². The fourth-order valence-corrected chi connectivity index (χ4v) is 5.15. The second-order valence-corrected chi connectivity index (χ2v) is 8.32. The maximum Gasteiger partial charge on any atom is 0.337 e. The Hall–Kier alpha value is -4.29. The number of rotatable bonds is 5. The number of hydrogen-bond donors (Lipinski definition) is 1. The quantitative estimate of drug-likeness (QED) is 0.556. The molecule has 2 heterocycles. The van der Waals surface area contributed by atoms with Gasteiger partial charge in [0.15, 0.2) is 0 Å². The topological polar surface area (TPSA) is 117 Å². The number of benzene rings is 2. The number of carbonyl (C=O) groups excluding carboxylic acids is 1. The van der Waals surface area contributed by atoms with Crippen LogP contribution in [0.3, 0.4) is 0 Å². The van der Waals surface area contributed by atoms with E-state index in [1.54, 1.807) is 43.5 Å². The lowest BCUT2D eigenvalue weighted by Crippen LogP contribution is -2.40. The first-order valence-corrected chi connectivity index (χ1v) is 11.0. The molecule has 9 heteroatoms. The third-order valence-corrected chi connectivity index (χ3v) is 6.66. The Balaban J connectivity index is 2.13. The molecule has 8 nitrogen and oxygen atoms in total. The van der Waals surface area contributed by atoms with Crippen LogP contribution in [0.25, 0.3) is 17.5 Å². The number of ether oxygens (including phenoxy) is 3. The van der Waals surface area contributed by atoms with Crippen LogP contribution in [0.1, 0.15) is 17.0 Å². The fourth-order valence-electron chi connectivity index (χ4n) is 4.00. The number of nitrogens with zero attached hydrogens (tertiary/aromatic N) is 2. The predicted octanol–water partition coefficient (Wildman–Crippen LogP) is 1.53. The van der Waals surface area contributed by atoms with Crippen LogP contribution in [0.4, 0.5) is 0 Å². The summed E-state index contributed by atoms with van der Waals surface area (Å²) in [5, 5.41) is 10.0. The highest BCUT2D eigenvalue weighted by atomic mass is 32.1. The highest BCUT2D eigenvalue weighted by Gasteiger charge is 2.37. The lowest BCUT2D eigenvalue weighted by molar-refractivity contribution is -0.134. The van der Waals surface area contributed by atoms with Gasteiger partial charge in [-0.05, 0) is 18.2 Å². The Morgan fingerprint density at radius 3 is 2.38 bits per heavy atom. The molecule has 1 aliphatic rings. The molecule has 34 heavy (non-hydrogen) atoms. The van der Waals surface area contributed by atoms with Crippen molar-refractivity contribution in [2.75, 3.05) is 21.3 Å². The van der Waals surface area contributed by atoms with E-state index in [2.05, 4.69) is 6.07 Å². The Morgan fingerprint density at radius 2 is 1.74 bits per heavy atom. The molecule has 0 unspecified atom stereocenters. The van der Waals surface area contributed by atoms with Crippen molar-refractivity contribution in [2.24, 2.45) is 5.73 Å². The lowest BCUT2D eigenvalue weighted by Gasteiger charge is -2.25. The average molecular weight is 476 g/mol. The second kappa shape index (κ2) is 9.29. The number of nitriles is 1. The maximum atomic E-state index is 13.4. The Morgan fingerprint density at radius 1 is 1.09 bits per heavy atom. The third kappa shape index (κ3) is 3.64. The number of hydrogen-bond acceptors (Lipinski definition) is 8. The van der Waals surface area contributed by atoms with Gasteiger partial charge in [0.05, 0.1) is 49.0 Å². The maximum absolute atomic E-state index is 13.4. The molecule has 0 aliphatic carbocycles. The van der Waals surface area contributed by atoms with E-state index in [0.29, 0.717) is 31.8 Å². The Kier molecular flexibility index (Phi) is 6.25. The number of para-hydroxylation sites is 2. The van der Waals surface area contributed by atoms with Gasteiger partial charge >= 0.3 is 5.97 Å². The van der Waals surface area contributed by atoms with E-state index < -0.39 is 17.4 Å². The number of thiazole rings is 1. The van der Waals surface area contributed by atoms with E-state index >= 15 is 0 Å². The SMILES string of the molecule is COC(=O)C1=c2s/c(=C/c3ccccc3OC)c(=O)n2C(N)=C(C#N)[C@@H]1c1ccccc1OC. The van der Waals surface area contributed by atoms with Gasteiger partial charge in [0.25, 0.3) is 5.56 Å². The van der Waals surface area contributed by atoms with Crippen LogP contribution in [0, 0.1) is 11.3 Å². The normalized spacial score (nSPS) is 15.5. The summed E-state index contributed by atoms with van der Waals surface area (Å²) >= 11 is 1.09. The van der Waals surface area contributed by atoms with Crippen molar-refractivity contribution in [3.05, 3.63) is 84.8 Å². The summed E-state index contributed by atoms with van der Waals surface area (Å²) in [6.45, 7) is 0. The first-order valence-electron chi connectivity index (χ1n) is 10.2. The van der Waals surface area contributed by atoms with Gasteiger partial charge in [-0.3, -0.25) is 9.36 Å². The smallest absolute Gasteiger partial charge is 0.337 e. The minimum absolute atomic E-state index is 0.0398. The number of esters is 1. The first kappa shape index (κ1) is 22.9. The molecule has 0 amide bonds. The predicted molar refractivity (Wildman–Crippen MR) is 129 cm³/mol. The number of nitrogens with two attached hydrogens (primary N) is 1. The molecule has 1 aliphatic heterocycles. The Bertz CT molecular complexity index is 1540. The zero-order chi connectivity index (χ0) is 24.4. The number of methoxy groups -OCH3 is 3. The summed E-state index contributed by atoms with van der Waals surface area (Å²) in [5.41, 5.74) is 7.36. The third-order valence-electron chi connectivity index (χ3n) is 5.55. The number of allylic oxidation sites excluding steroid dienone is 1. The summed E-state index contributed by atoms with van der Waals surface area (Å²) in [6.07, 6.45) is 1.67. The van der Waals surface area contributed by atoms with Crippen molar-refractivity contribution in [3.63, 3.8) is 0 Å². The standard InChI is InChI=1S/C25H21N3O5S/c1-31-17-10-6-4-8-14(17)12-19-23(29)28-22(27)16(13-26)20(15-9-5-7-11-18(15)32-2)21(24(28)34-19)25(30)33-3/h4-12,20H,27H2,1-3H3/b19-12+/t20-/m0/s1. The van der Waals surface area contributed by atoms with Crippen LogP contribution < -0.4 is 30.0 Å². The van der Waals surface area contributed by atoms with Crippen molar-refractivity contribution in [1.82, 2.24) is 4.57 Å². The molecule has 3 aromatic rings. The van der Waals surface area contributed by atoms with E-state index in [1.165, 1.54) is 18.8 Å². The second-order valence-electron chi connectivity index (χ2n) is 7.29. The van der Waals surface area contributed by atoms with Crippen molar-refractivity contribution >= 4 is 34.8 Å². The van der Waals surface area contributed by atoms with Gasteiger partial charge in [0.2, 0.25) is 0 Å². The number of fused-ring (bicyclic) bond motifs is 1. The summed E-state index contributed by atoms with van der Waals surface area (Å²) < 4.78 is 17.8. The molecule has 2 N–H and O–H groups in total. The van der Waals surface area contributed by atoms with Gasteiger partial charge in [-0.25, -0.2) is 4.79 Å². The number of carbonyl (C=O) groups is 1. The van der Waals surface area contributed by atoms with Crippen molar-refractivity contribution in [3.8, 4) is 17.6 Å². The zero-order valence-electron chi connectivity index (χ0n) is 18.7. The summed E-state index contributed by atoms with van der Waals surface area (Å²) in [4.78, 5) is 26.4. The number of aromatic nitrogens is 1. The molecule has 0 spiro atoms. The van der Waals surface area contributed by atoms with Gasteiger partial charge < -0.3 is 19.9 Å². The average Bonchev–Trinajstić information content (AvgIpc) is 3.19. The van der Waals surface area contributed by atoms with E-state index in [-0.39, 0.29) is 17.0 Å². The zero-order valence-corrected chi connectivity index (χ0v) is 19.5. The van der Waals surface area contributed by atoms with Crippen molar-refractivity contribution < 1.29 is 19.0 Å². The minimum atomic E-state index is -0.870. The molecule has 1 aromatic heterocycles. The first-order chi connectivity index (χ1) is 16.5. The van der Waals surface area contributed by atoms with Crippen LogP contribution in [-0.4, -0.2) is 31.9 Å². The van der Waals surface area contributed by atoms with Crippen LogP contribution in [0.15, 0.2) is 58.9 Å². The van der Waals surface area contributed by atoms with E-state index in [4.69, 9.17) is 19.9 Å². The molecule has 0 fully saturated rings. The van der Waals surface area contributed by atoms with Crippen LogP contribution in [0.2, 0.25) is 0 Å². The van der Waals surface area contributed by atoms with Crippen molar-refractivity contribution in [2.45, 2.75) is 5.92 Å². The van der Waals surface area contributed by atoms with Gasteiger partial charge in [0.1, 0.15) is 22.0 Å². The fraction of sp³-hybridized carbons (Fsp3) is 0.160. The lowest BCUT2D eigenvalue weighted by atomic mass is 9.83. The molecule has 172 valence electrons.